The SMILES string of the molecule is COC(=O)c1cccc(Cl)c1-c1ccc(C=O)o1. The zero-order valence-electron chi connectivity index (χ0n) is 9.48. The Morgan fingerprint density at radius 1 is 1.33 bits per heavy atom. The molecule has 2 aromatic rings. The van der Waals surface area contributed by atoms with Crippen molar-refractivity contribution in [1.82, 2.24) is 0 Å². The number of aldehydes is 1. The summed E-state index contributed by atoms with van der Waals surface area (Å²) in [6.07, 6.45) is 0.582. The van der Waals surface area contributed by atoms with Crippen molar-refractivity contribution in [1.29, 1.82) is 0 Å². The summed E-state index contributed by atoms with van der Waals surface area (Å²) in [5.41, 5.74) is 0.705. The third kappa shape index (κ3) is 2.15. The Kier molecular flexibility index (Phi) is 3.48. The highest BCUT2D eigenvalue weighted by atomic mass is 35.5. The summed E-state index contributed by atoms with van der Waals surface area (Å²) in [6, 6.07) is 7.94. The number of rotatable bonds is 3. The quantitative estimate of drug-likeness (QED) is 0.631. The molecule has 0 amide bonds. The highest BCUT2D eigenvalue weighted by Crippen LogP contribution is 2.32. The number of ether oxygens (including phenoxy) is 1. The van der Waals surface area contributed by atoms with Crippen LogP contribution in [0.3, 0.4) is 0 Å². The summed E-state index contributed by atoms with van der Waals surface area (Å²) in [4.78, 5) is 22.2. The molecule has 1 aromatic heterocycles. The Labute approximate surface area is 108 Å². The average molecular weight is 265 g/mol. The van der Waals surface area contributed by atoms with Gasteiger partial charge in [0.25, 0.3) is 0 Å². The first-order valence-corrected chi connectivity index (χ1v) is 5.47. The number of methoxy groups -OCH3 is 1. The molecular weight excluding hydrogens is 256 g/mol. The van der Waals surface area contributed by atoms with Crippen LogP contribution in [0.2, 0.25) is 5.02 Å². The van der Waals surface area contributed by atoms with Gasteiger partial charge in [-0.3, -0.25) is 4.79 Å². The molecule has 2 rings (SSSR count). The molecule has 0 N–H and O–H groups in total. The average Bonchev–Trinajstić information content (AvgIpc) is 2.86. The third-order valence-electron chi connectivity index (χ3n) is 2.41. The van der Waals surface area contributed by atoms with Gasteiger partial charge >= 0.3 is 5.97 Å². The molecule has 0 fully saturated rings. The van der Waals surface area contributed by atoms with E-state index < -0.39 is 5.97 Å². The molecule has 0 saturated carbocycles. The van der Waals surface area contributed by atoms with Crippen LogP contribution in [0.1, 0.15) is 20.9 Å². The van der Waals surface area contributed by atoms with Gasteiger partial charge in [-0.05, 0) is 24.3 Å². The van der Waals surface area contributed by atoms with Gasteiger partial charge in [0.2, 0.25) is 0 Å². The number of hydrogen-bond donors (Lipinski definition) is 0. The second-order valence-corrected chi connectivity index (χ2v) is 3.88. The summed E-state index contributed by atoms with van der Waals surface area (Å²) >= 11 is 6.06. The zero-order valence-corrected chi connectivity index (χ0v) is 10.2. The van der Waals surface area contributed by atoms with Crippen molar-refractivity contribution in [2.24, 2.45) is 0 Å². The largest absolute Gasteiger partial charge is 0.465 e. The number of halogens is 1. The summed E-state index contributed by atoms with van der Waals surface area (Å²) in [6.45, 7) is 0. The Morgan fingerprint density at radius 3 is 2.72 bits per heavy atom. The predicted molar refractivity (Wildman–Crippen MR) is 65.9 cm³/mol. The molecule has 18 heavy (non-hydrogen) atoms. The van der Waals surface area contributed by atoms with E-state index in [2.05, 4.69) is 4.74 Å². The van der Waals surface area contributed by atoms with E-state index in [1.165, 1.54) is 13.2 Å². The molecule has 1 aromatic carbocycles. The topological polar surface area (TPSA) is 56.5 Å². The monoisotopic (exact) mass is 264 g/mol. The van der Waals surface area contributed by atoms with Crippen LogP contribution in [0.4, 0.5) is 0 Å². The van der Waals surface area contributed by atoms with Gasteiger partial charge in [-0.1, -0.05) is 17.7 Å². The first kappa shape index (κ1) is 12.4. The van der Waals surface area contributed by atoms with Crippen LogP contribution < -0.4 is 0 Å². The van der Waals surface area contributed by atoms with Crippen LogP contribution in [-0.2, 0) is 4.74 Å². The lowest BCUT2D eigenvalue weighted by Gasteiger charge is -2.07. The Bertz CT molecular complexity index is 601. The van der Waals surface area contributed by atoms with Crippen molar-refractivity contribution < 1.29 is 18.7 Å². The van der Waals surface area contributed by atoms with Crippen molar-refractivity contribution in [3.05, 3.63) is 46.7 Å². The fourth-order valence-electron chi connectivity index (χ4n) is 1.61. The molecule has 0 saturated heterocycles. The van der Waals surface area contributed by atoms with E-state index in [1.807, 2.05) is 0 Å². The van der Waals surface area contributed by atoms with E-state index in [4.69, 9.17) is 16.0 Å². The number of furan rings is 1. The van der Waals surface area contributed by atoms with Crippen LogP contribution in [0.15, 0.2) is 34.7 Å². The van der Waals surface area contributed by atoms with Gasteiger partial charge in [-0.15, -0.1) is 0 Å². The molecule has 0 atom stereocenters. The van der Waals surface area contributed by atoms with Gasteiger partial charge in [0.05, 0.1) is 23.3 Å². The lowest BCUT2D eigenvalue weighted by Crippen LogP contribution is -2.03. The van der Waals surface area contributed by atoms with Gasteiger partial charge in [0, 0.05) is 0 Å². The number of carbonyl (C=O) groups excluding carboxylic acids is 2. The molecule has 0 bridgehead atoms. The molecule has 0 aliphatic rings. The summed E-state index contributed by atoms with van der Waals surface area (Å²) in [5.74, 6) is 0.000360. The summed E-state index contributed by atoms with van der Waals surface area (Å²) < 4.78 is 9.95. The summed E-state index contributed by atoms with van der Waals surface area (Å²) in [5, 5.41) is 0.352. The van der Waals surface area contributed by atoms with Crippen molar-refractivity contribution in [3.8, 4) is 11.3 Å². The lowest BCUT2D eigenvalue weighted by molar-refractivity contribution is 0.0601. The minimum absolute atomic E-state index is 0.167. The number of esters is 1. The van der Waals surface area contributed by atoms with Crippen LogP contribution >= 0.6 is 11.6 Å². The highest BCUT2D eigenvalue weighted by molar-refractivity contribution is 6.34. The molecule has 92 valence electrons. The maximum atomic E-state index is 11.6. The molecule has 0 aliphatic carbocycles. The first-order chi connectivity index (χ1) is 8.67. The van der Waals surface area contributed by atoms with E-state index in [-0.39, 0.29) is 11.3 Å². The third-order valence-corrected chi connectivity index (χ3v) is 2.72. The molecule has 5 heteroatoms. The molecule has 0 radical (unpaired) electrons. The van der Waals surface area contributed by atoms with Crippen molar-refractivity contribution >= 4 is 23.9 Å². The normalized spacial score (nSPS) is 10.1. The number of carbonyl (C=O) groups is 2. The van der Waals surface area contributed by atoms with Crippen LogP contribution in [0.5, 0.6) is 0 Å². The summed E-state index contributed by atoms with van der Waals surface area (Å²) in [7, 11) is 1.28. The van der Waals surface area contributed by atoms with E-state index in [0.29, 0.717) is 22.6 Å². The molecule has 4 nitrogen and oxygen atoms in total. The highest BCUT2D eigenvalue weighted by Gasteiger charge is 2.18. The van der Waals surface area contributed by atoms with Crippen LogP contribution in [0, 0.1) is 0 Å². The maximum absolute atomic E-state index is 11.6. The Morgan fingerprint density at radius 2 is 2.11 bits per heavy atom. The minimum Gasteiger partial charge on any atom is -0.465 e. The predicted octanol–water partition coefficient (Wildman–Crippen LogP) is 3.20. The van der Waals surface area contributed by atoms with Gasteiger partial charge in [-0.2, -0.15) is 0 Å². The van der Waals surface area contributed by atoms with Crippen LogP contribution in [-0.4, -0.2) is 19.4 Å². The zero-order chi connectivity index (χ0) is 13.1. The lowest BCUT2D eigenvalue weighted by atomic mass is 10.1. The van der Waals surface area contributed by atoms with Crippen molar-refractivity contribution in [3.63, 3.8) is 0 Å². The molecular formula is C13H9ClO4. The van der Waals surface area contributed by atoms with Gasteiger partial charge in [0.1, 0.15) is 5.76 Å². The minimum atomic E-state index is -0.517. The number of hydrogen-bond acceptors (Lipinski definition) is 4. The second-order valence-electron chi connectivity index (χ2n) is 3.47. The molecule has 1 heterocycles. The van der Waals surface area contributed by atoms with Crippen LogP contribution in [0.25, 0.3) is 11.3 Å². The smallest absolute Gasteiger partial charge is 0.338 e. The van der Waals surface area contributed by atoms with Gasteiger partial charge in [-0.25, -0.2) is 4.79 Å². The number of benzene rings is 1. The Hall–Kier alpha value is -2.07. The van der Waals surface area contributed by atoms with Crippen molar-refractivity contribution in [2.45, 2.75) is 0 Å². The second kappa shape index (κ2) is 5.06. The van der Waals surface area contributed by atoms with Gasteiger partial charge < -0.3 is 9.15 Å². The standard InChI is InChI=1S/C13H9ClO4/c1-17-13(16)9-3-2-4-10(14)12(9)11-6-5-8(7-15)18-11/h2-7H,1H3. The van der Waals surface area contributed by atoms with E-state index in [0.717, 1.165) is 0 Å². The maximum Gasteiger partial charge on any atom is 0.338 e. The molecule has 0 spiro atoms. The van der Waals surface area contributed by atoms with Gasteiger partial charge in [0.15, 0.2) is 12.0 Å². The first-order valence-electron chi connectivity index (χ1n) is 5.09. The van der Waals surface area contributed by atoms with E-state index >= 15 is 0 Å². The fraction of sp³-hybridized carbons (Fsp3) is 0.0769. The van der Waals surface area contributed by atoms with Crippen molar-refractivity contribution in [2.75, 3.05) is 7.11 Å². The van der Waals surface area contributed by atoms with E-state index in [1.54, 1.807) is 24.3 Å². The van der Waals surface area contributed by atoms with E-state index in [9.17, 15) is 9.59 Å². The Balaban J connectivity index is 2.61. The fourth-order valence-corrected chi connectivity index (χ4v) is 1.87. The molecule has 0 aliphatic heterocycles. The molecule has 0 unspecified atom stereocenters.